The number of anilines is 2. The first-order valence-corrected chi connectivity index (χ1v) is 21.2. The quantitative estimate of drug-likeness (QED) is 0.132. The molecule has 2 aliphatic carbocycles. The normalized spacial score (nSPS) is 17.1. The van der Waals surface area contributed by atoms with Gasteiger partial charge in [0.25, 0.3) is 0 Å². The molecule has 2 saturated carbocycles. The van der Waals surface area contributed by atoms with Crippen molar-refractivity contribution in [1.29, 1.82) is 0 Å². The number of aliphatic imine (C=N–C) groups is 2. The standard InChI is InChI=1S/C21H22N4O3S.C14H14N2O3.C7H10N2OS/c1-3-28-17-10-19(23-12(2)26)24-16-7-6-14(8-15(16)17)9-18-20(27)25-21(29-18)22-11-13-4-5-13;1-3-19-13-7-14(15-9(2)18)16-12-5-4-10(8-17)6-11(12)13;10-6-4-11-7(9-6)8-3-5-1-2-5/h6-10,13,27H,3-5,11H2,1-2H3,(H,22,25);4-8H,3H2,1-2H3,(H,15,16,18);5H,1-4H2,(H,8,9,10). The second-order valence-corrected chi connectivity index (χ2v) is 15.9. The molecule has 4 aliphatic rings. The molecule has 15 nitrogen and oxygen atoms in total. The number of aromatic hydroxyl groups is 1. The zero-order valence-corrected chi connectivity index (χ0v) is 34.9. The van der Waals surface area contributed by atoms with Crippen molar-refractivity contribution in [3.63, 3.8) is 0 Å². The van der Waals surface area contributed by atoms with Gasteiger partial charge in [0.05, 0.1) is 34.7 Å². The molecule has 2 aromatic carbocycles. The summed E-state index contributed by atoms with van der Waals surface area (Å²) in [5.41, 5.74) is 2.04. The molecular weight excluding hydrogens is 793 g/mol. The van der Waals surface area contributed by atoms with Crippen LogP contribution in [0.2, 0.25) is 0 Å². The number of thiazole rings is 1. The molecule has 3 fully saturated rings. The fourth-order valence-electron chi connectivity index (χ4n) is 5.71. The molecule has 2 aromatic heterocycles. The Morgan fingerprint density at radius 1 is 1.02 bits per heavy atom. The van der Waals surface area contributed by atoms with Crippen molar-refractivity contribution in [2.75, 3.05) is 42.7 Å². The number of fused-ring (bicyclic) bond motifs is 2. The molecule has 308 valence electrons. The lowest BCUT2D eigenvalue weighted by Crippen LogP contribution is -2.21. The number of hydrogen-bond donors (Lipinski definition) is 4. The largest absolute Gasteiger partial charge is 0.493 e. The van der Waals surface area contributed by atoms with Crippen LogP contribution in [0, 0.1) is 11.8 Å². The molecule has 4 aromatic rings. The number of aromatic nitrogens is 2. The van der Waals surface area contributed by atoms with Gasteiger partial charge < -0.3 is 30.5 Å². The Hall–Kier alpha value is -5.94. The Balaban J connectivity index is 0.000000166. The highest BCUT2D eigenvalue weighted by Gasteiger charge is 2.23. The number of ether oxygens (including phenoxy) is 2. The first kappa shape index (κ1) is 42.7. The third-order valence-electron chi connectivity index (χ3n) is 8.84. The minimum absolute atomic E-state index is 0.0205. The predicted octanol–water partition coefficient (Wildman–Crippen LogP) is 5.47. The van der Waals surface area contributed by atoms with Crippen LogP contribution in [0.1, 0.15) is 74.2 Å². The van der Waals surface area contributed by atoms with E-state index in [9.17, 15) is 24.3 Å². The first-order valence-electron chi connectivity index (χ1n) is 19.4. The Labute approximate surface area is 349 Å². The topological polar surface area (TPSA) is 206 Å². The summed E-state index contributed by atoms with van der Waals surface area (Å²) >= 11 is 2.94. The number of thioether (sulfide) groups is 1. The predicted molar refractivity (Wildman–Crippen MR) is 232 cm³/mol. The van der Waals surface area contributed by atoms with Crippen molar-refractivity contribution in [3.8, 4) is 11.6 Å². The van der Waals surface area contributed by atoms with E-state index in [1.165, 1.54) is 62.6 Å². The van der Waals surface area contributed by atoms with Gasteiger partial charge in [-0.25, -0.2) is 9.98 Å². The third-order valence-corrected chi connectivity index (χ3v) is 10.7. The van der Waals surface area contributed by atoms with Gasteiger partial charge in [-0.05, 0) is 93.0 Å². The Kier molecular flexibility index (Phi) is 14.6. The van der Waals surface area contributed by atoms with Gasteiger partial charge in [-0.1, -0.05) is 29.2 Å². The van der Waals surface area contributed by atoms with E-state index in [-0.39, 0.29) is 23.6 Å². The van der Waals surface area contributed by atoms with Crippen molar-refractivity contribution in [3.05, 3.63) is 75.1 Å². The van der Waals surface area contributed by atoms with Gasteiger partial charge in [-0.15, -0.1) is 0 Å². The van der Waals surface area contributed by atoms with Crippen molar-refractivity contribution in [1.82, 2.24) is 15.3 Å². The second-order valence-electron chi connectivity index (χ2n) is 13.9. The maximum Gasteiger partial charge on any atom is 0.244 e. The highest BCUT2D eigenvalue weighted by molar-refractivity contribution is 8.15. The smallest absolute Gasteiger partial charge is 0.244 e. The molecule has 4 heterocycles. The van der Waals surface area contributed by atoms with Gasteiger partial charge in [0.2, 0.25) is 23.6 Å². The van der Waals surface area contributed by atoms with Crippen LogP contribution in [0.25, 0.3) is 22.7 Å². The molecule has 3 amide bonds. The number of benzene rings is 2. The van der Waals surface area contributed by atoms with Gasteiger partial charge in [-0.3, -0.25) is 24.2 Å². The van der Waals surface area contributed by atoms with E-state index in [2.05, 4.69) is 40.9 Å². The highest BCUT2D eigenvalue weighted by Crippen LogP contribution is 2.33. The van der Waals surface area contributed by atoms with E-state index >= 15 is 0 Å². The Morgan fingerprint density at radius 3 is 2.46 bits per heavy atom. The van der Waals surface area contributed by atoms with E-state index in [1.54, 1.807) is 30.3 Å². The molecule has 0 atom stereocenters. The van der Waals surface area contributed by atoms with E-state index in [4.69, 9.17) is 9.47 Å². The summed E-state index contributed by atoms with van der Waals surface area (Å²) in [5, 5.41) is 22.7. The van der Waals surface area contributed by atoms with Crippen LogP contribution < -0.4 is 31.3 Å². The molecule has 1 saturated heterocycles. The SMILES string of the molecule is CCOC1=CC(=NC(C)=O)N=c2ccc(=Cc3sc(NCC4CC4)nc3O)cc21.CCOc1cc(NC(C)=O)nc2ccc(C=O)cc12.O=C1CSC(=NCC2CC2)N1. The van der Waals surface area contributed by atoms with Crippen LogP contribution in [0.5, 0.6) is 11.6 Å². The summed E-state index contributed by atoms with van der Waals surface area (Å²) < 4.78 is 11.3. The summed E-state index contributed by atoms with van der Waals surface area (Å²) in [4.78, 5) is 65.7. The molecule has 2 aliphatic heterocycles. The minimum Gasteiger partial charge on any atom is -0.493 e. The number of nitrogens with one attached hydrogen (secondary N) is 3. The lowest BCUT2D eigenvalue weighted by Gasteiger charge is -2.13. The average molecular weight is 839 g/mol. The monoisotopic (exact) mass is 838 g/mol. The summed E-state index contributed by atoms with van der Waals surface area (Å²) in [5.74, 6) is 3.67. The molecular formula is C42H46N8O7S2. The zero-order chi connectivity index (χ0) is 41.9. The number of hydrogen-bond acceptors (Lipinski definition) is 13. The summed E-state index contributed by atoms with van der Waals surface area (Å²) in [6, 6.07) is 12.5. The van der Waals surface area contributed by atoms with Crippen molar-refractivity contribution in [2.45, 2.75) is 53.4 Å². The van der Waals surface area contributed by atoms with Crippen LogP contribution in [-0.4, -0.2) is 82.1 Å². The van der Waals surface area contributed by atoms with Crippen molar-refractivity contribution >= 4 is 91.8 Å². The fourth-order valence-corrected chi connectivity index (χ4v) is 7.23. The molecule has 8 rings (SSSR count). The number of amidine groups is 2. The molecule has 0 unspecified atom stereocenters. The number of pyridine rings is 1. The molecule has 0 radical (unpaired) electrons. The molecule has 59 heavy (non-hydrogen) atoms. The number of nitrogens with zero attached hydrogens (tertiary/aromatic N) is 5. The number of aldehydes is 1. The third kappa shape index (κ3) is 12.8. The Bertz CT molecular complexity index is 2460. The second kappa shape index (κ2) is 20.2. The number of amides is 3. The summed E-state index contributed by atoms with van der Waals surface area (Å²) in [6.45, 7) is 9.36. The van der Waals surface area contributed by atoms with E-state index in [1.807, 2.05) is 38.1 Å². The van der Waals surface area contributed by atoms with E-state index in [0.29, 0.717) is 63.4 Å². The van der Waals surface area contributed by atoms with Gasteiger partial charge in [-0.2, -0.15) is 9.98 Å². The Morgan fingerprint density at radius 2 is 1.80 bits per heavy atom. The molecule has 17 heteroatoms. The lowest BCUT2D eigenvalue weighted by atomic mass is 10.1. The van der Waals surface area contributed by atoms with Crippen molar-refractivity contribution < 1.29 is 33.8 Å². The van der Waals surface area contributed by atoms with E-state index < -0.39 is 0 Å². The van der Waals surface area contributed by atoms with Crippen LogP contribution in [-0.2, 0) is 19.1 Å². The van der Waals surface area contributed by atoms with Gasteiger partial charge >= 0.3 is 0 Å². The van der Waals surface area contributed by atoms with Crippen LogP contribution in [0.3, 0.4) is 0 Å². The maximum absolute atomic E-state index is 11.3. The first-order chi connectivity index (χ1) is 28.5. The molecule has 4 N–H and O–H groups in total. The van der Waals surface area contributed by atoms with Gasteiger partial charge in [0.15, 0.2) is 16.1 Å². The number of carbonyl (C=O) groups excluding carboxylic acids is 4. The van der Waals surface area contributed by atoms with E-state index in [0.717, 1.165) is 57.7 Å². The lowest BCUT2D eigenvalue weighted by molar-refractivity contribution is -0.117. The maximum atomic E-state index is 11.3. The van der Waals surface area contributed by atoms with Crippen molar-refractivity contribution in [2.24, 2.45) is 26.8 Å². The van der Waals surface area contributed by atoms with Crippen LogP contribution in [0.15, 0.2) is 63.5 Å². The van der Waals surface area contributed by atoms with Crippen LogP contribution >= 0.6 is 23.1 Å². The average Bonchev–Trinajstić information content (AvgIpc) is 4.14. The zero-order valence-electron chi connectivity index (χ0n) is 33.2. The highest BCUT2D eigenvalue weighted by atomic mass is 32.2. The number of carbonyl (C=O) groups is 4. The van der Waals surface area contributed by atoms with Gasteiger partial charge in [0, 0.05) is 55.6 Å². The van der Waals surface area contributed by atoms with Gasteiger partial charge in [0.1, 0.15) is 23.6 Å². The summed E-state index contributed by atoms with van der Waals surface area (Å²) in [7, 11) is 0. The minimum atomic E-state index is -0.309. The molecule has 0 spiro atoms. The number of rotatable bonds is 12. The summed E-state index contributed by atoms with van der Waals surface area (Å²) in [6.07, 6.45) is 9.48. The fraction of sp³-hybridized carbons (Fsp3) is 0.357. The van der Waals surface area contributed by atoms with Crippen LogP contribution in [0.4, 0.5) is 10.9 Å². The molecule has 0 bridgehead atoms.